The lowest BCUT2D eigenvalue weighted by Gasteiger charge is -2.38. The summed E-state index contributed by atoms with van der Waals surface area (Å²) >= 11 is 0. The van der Waals surface area contributed by atoms with Gasteiger partial charge >= 0.3 is 6.03 Å². The van der Waals surface area contributed by atoms with Gasteiger partial charge in [-0.25, -0.2) is 4.79 Å². The Kier molecular flexibility index (Phi) is 6.85. The maximum atomic E-state index is 11.8. The predicted octanol–water partition coefficient (Wildman–Crippen LogP) is 1.07. The molecule has 7 heteroatoms. The quantitative estimate of drug-likeness (QED) is 0.736. The van der Waals surface area contributed by atoms with Crippen LogP contribution in [0.25, 0.3) is 0 Å². The van der Waals surface area contributed by atoms with E-state index in [2.05, 4.69) is 41.4 Å². The standard InChI is InChI=1S/C16H29N5O2/c1-13(20-11-14(2)23-15(3)12-20)10-18-16(22)17-6-4-8-21-9-5-7-19-21/h5,7,9,13-15H,4,6,8,10-12H2,1-3H3,(H2,17,18,22)/t13-,14-,15-/m1/s1. The van der Waals surface area contributed by atoms with Crippen LogP contribution >= 0.6 is 0 Å². The average molecular weight is 323 g/mol. The van der Waals surface area contributed by atoms with Crippen molar-refractivity contribution in [1.29, 1.82) is 0 Å². The van der Waals surface area contributed by atoms with Crippen molar-refractivity contribution in [1.82, 2.24) is 25.3 Å². The van der Waals surface area contributed by atoms with E-state index in [0.717, 1.165) is 26.1 Å². The first-order chi connectivity index (χ1) is 11.0. The molecule has 0 saturated carbocycles. The minimum Gasteiger partial charge on any atom is -0.373 e. The van der Waals surface area contributed by atoms with E-state index in [1.54, 1.807) is 6.20 Å². The molecule has 3 atom stereocenters. The van der Waals surface area contributed by atoms with Gasteiger partial charge < -0.3 is 15.4 Å². The summed E-state index contributed by atoms with van der Waals surface area (Å²) in [6, 6.07) is 2.10. The summed E-state index contributed by atoms with van der Waals surface area (Å²) in [6.07, 6.45) is 5.04. The van der Waals surface area contributed by atoms with Crippen LogP contribution in [0, 0.1) is 0 Å². The van der Waals surface area contributed by atoms with E-state index in [4.69, 9.17) is 4.74 Å². The summed E-state index contributed by atoms with van der Waals surface area (Å²) in [6.45, 7) is 10.3. The zero-order valence-corrected chi connectivity index (χ0v) is 14.4. The number of amides is 2. The maximum absolute atomic E-state index is 11.8. The first-order valence-electron chi connectivity index (χ1n) is 8.43. The minimum absolute atomic E-state index is 0.105. The van der Waals surface area contributed by atoms with Gasteiger partial charge in [0.05, 0.1) is 12.2 Å². The largest absolute Gasteiger partial charge is 0.373 e. The third kappa shape index (κ3) is 6.19. The molecule has 1 aromatic rings. The number of carbonyl (C=O) groups is 1. The molecule has 0 aliphatic carbocycles. The normalized spacial score (nSPS) is 23.4. The van der Waals surface area contributed by atoms with E-state index in [1.807, 2.05) is 16.9 Å². The van der Waals surface area contributed by atoms with Gasteiger partial charge in [-0.1, -0.05) is 0 Å². The highest BCUT2D eigenvalue weighted by atomic mass is 16.5. The zero-order chi connectivity index (χ0) is 16.7. The monoisotopic (exact) mass is 323 g/mol. The Bertz CT molecular complexity index is 455. The van der Waals surface area contributed by atoms with Crippen molar-refractivity contribution in [3.05, 3.63) is 18.5 Å². The van der Waals surface area contributed by atoms with Gasteiger partial charge in [0.2, 0.25) is 0 Å². The highest BCUT2D eigenvalue weighted by Gasteiger charge is 2.25. The first-order valence-corrected chi connectivity index (χ1v) is 8.43. The Balaban J connectivity index is 1.58. The Hall–Kier alpha value is -1.60. The Morgan fingerprint density at radius 2 is 2.09 bits per heavy atom. The molecule has 1 aromatic heterocycles. The van der Waals surface area contributed by atoms with Crippen molar-refractivity contribution in [3.63, 3.8) is 0 Å². The zero-order valence-electron chi connectivity index (χ0n) is 14.4. The fourth-order valence-electron chi connectivity index (χ4n) is 2.89. The SMILES string of the molecule is C[C@@H]1CN([C@H](C)CNC(=O)NCCCn2cccn2)C[C@@H](C)O1. The van der Waals surface area contributed by atoms with Gasteiger partial charge in [-0.05, 0) is 33.3 Å². The van der Waals surface area contributed by atoms with E-state index >= 15 is 0 Å². The van der Waals surface area contributed by atoms with Crippen molar-refractivity contribution in [2.45, 2.75) is 52.0 Å². The first kappa shape index (κ1) is 17.7. The third-order valence-electron chi connectivity index (χ3n) is 4.04. The number of nitrogens with one attached hydrogen (secondary N) is 2. The van der Waals surface area contributed by atoms with Crippen LogP contribution < -0.4 is 10.6 Å². The summed E-state index contributed by atoms with van der Waals surface area (Å²) in [4.78, 5) is 14.2. The van der Waals surface area contributed by atoms with Gasteiger partial charge in [-0.2, -0.15) is 5.10 Å². The summed E-state index contributed by atoms with van der Waals surface area (Å²) in [5.74, 6) is 0. The molecule has 1 fully saturated rings. The lowest BCUT2D eigenvalue weighted by molar-refractivity contribution is -0.0778. The van der Waals surface area contributed by atoms with Crippen molar-refractivity contribution in [2.75, 3.05) is 26.2 Å². The highest BCUT2D eigenvalue weighted by Crippen LogP contribution is 2.13. The van der Waals surface area contributed by atoms with Gasteiger partial charge in [0.25, 0.3) is 0 Å². The summed E-state index contributed by atoms with van der Waals surface area (Å²) in [5, 5.41) is 9.96. The summed E-state index contributed by atoms with van der Waals surface area (Å²) in [5.41, 5.74) is 0. The number of hydrogen-bond donors (Lipinski definition) is 2. The molecular formula is C16H29N5O2. The van der Waals surface area contributed by atoms with Crippen LogP contribution in [0.5, 0.6) is 0 Å². The molecule has 0 bridgehead atoms. The molecule has 1 saturated heterocycles. The van der Waals surface area contributed by atoms with Crippen molar-refractivity contribution in [3.8, 4) is 0 Å². The molecule has 2 N–H and O–H groups in total. The lowest BCUT2D eigenvalue weighted by Crippen LogP contribution is -2.53. The third-order valence-corrected chi connectivity index (χ3v) is 4.04. The number of ether oxygens (including phenoxy) is 1. The number of nitrogens with zero attached hydrogens (tertiary/aromatic N) is 3. The van der Waals surface area contributed by atoms with E-state index in [9.17, 15) is 4.79 Å². The smallest absolute Gasteiger partial charge is 0.314 e. The second kappa shape index (κ2) is 8.88. The van der Waals surface area contributed by atoms with E-state index in [0.29, 0.717) is 19.1 Å². The van der Waals surface area contributed by atoms with Crippen LogP contribution in [0.3, 0.4) is 0 Å². The Labute approximate surface area is 138 Å². The summed E-state index contributed by atoms with van der Waals surface area (Å²) in [7, 11) is 0. The Morgan fingerprint density at radius 3 is 2.74 bits per heavy atom. The number of morpholine rings is 1. The fraction of sp³-hybridized carbons (Fsp3) is 0.750. The average Bonchev–Trinajstić information content (AvgIpc) is 3.01. The van der Waals surface area contributed by atoms with Crippen LogP contribution in [0.4, 0.5) is 4.79 Å². The molecule has 23 heavy (non-hydrogen) atoms. The topological polar surface area (TPSA) is 71.4 Å². The van der Waals surface area contributed by atoms with Crippen LogP contribution in [-0.4, -0.2) is 65.1 Å². The van der Waals surface area contributed by atoms with E-state index in [-0.39, 0.29) is 18.2 Å². The molecule has 0 aromatic carbocycles. The molecular weight excluding hydrogens is 294 g/mol. The molecule has 7 nitrogen and oxygen atoms in total. The molecule has 2 heterocycles. The summed E-state index contributed by atoms with van der Waals surface area (Å²) < 4.78 is 7.60. The van der Waals surface area contributed by atoms with Crippen LogP contribution in [0.1, 0.15) is 27.2 Å². The second-order valence-corrected chi connectivity index (χ2v) is 6.32. The van der Waals surface area contributed by atoms with Gasteiger partial charge in [-0.3, -0.25) is 9.58 Å². The maximum Gasteiger partial charge on any atom is 0.314 e. The number of hydrogen-bond acceptors (Lipinski definition) is 4. The van der Waals surface area contributed by atoms with Crippen LogP contribution in [0.2, 0.25) is 0 Å². The number of aromatic nitrogens is 2. The van der Waals surface area contributed by atoms with Crippen LogP contribution in [-0.2, 0) is 11.3 Å². The van der Waals surface area contributed by atoms with Crippen molar-refractivity contribution in [2.24, 2.45) is 0 Å². The van der Waals surface area contributed by atoms with E-state index in [1.165, 1.54) is 0 Å². The van der Waals surface area contributed by atoms with Crippen LogP contribution in [0.15, 0.2) is 18.5 Å². The van der Waals surface area contributed by atoms with E-state index < -0.39 is 0 Å². The molecule has 2 amide bonds. The second-order valence-electron chi connectivity index (χ2n) is 6.32. The Morgan fingerprint density at radius 1 is 1.35 bits per heavy atom. The van der Waals surface area contributed by atoms with Gasteiger partial charge in [0.1, 0.15) is 0 Å². The van der Waals surface area contributed by atoms with Crippen molar-refractivity contribution < 1.29 is 9.53 Å². The highest BCUT2D eigenvalue weighted by molar-refractivity contribution is 5.73. The minimum atomic E-state index is -0.105. The lowest BCUT2D eigenvalue weighted by atomic mass is 10.2. The molecule has 0 radical (unpaired) electrons. The number of rotatable bonds is 7. The number of aryl methyl sites for hydroxylation is 1. The molecule has 130 valence electrons. The molecule has 0 unspecified atom stereocenters. The molecule has 0 spiro atoms. The van der Waals surface area contributed by atoms with Gasteiger partial charge in [-0.15, -0.1) is 0 Å². The van der Waals surface area contributed by atoms with Gasteiger partial charge in [0, 0.05) is 51.2 Å². The molecule has 1 aliphatic heterocycles. The molecule has 2 rings (SSSR count). The molecule has 1 aliphatic rings. The predicted molar refractivity (Wildman–Crippen MR) is 89.3 cm³/mol. The fourth-order valence-corrected chi connectivity index (χ4v) is 2.89. The number of urea groups is 1. The number of carbonyl (C=O) groups excluding carboxylic acids is 1. The van der Waals surface area contributed by atoms with Crippen molar-refractivity contribution >= 4 is 6.03 Å². The van der Waals surface area contributed by atoms with Gasteiger partial charge in [0.15, 0.2) is 0 Å².